The maximum absolute atomic E-state index is 5.41. The number of halogens is 1. The summed E-state index contributed by atoms with van der Waals surface area (Å²) in [7, 11) is 0. The summed E-state index contributed by atoms with van der Waals surface area (Å²) in [4.78, 5) is 0. The van der Waals surface area contributed by atoms with Crippen LogP contribution in [0.5, 0.6) is 0 Å². The number of hydrogen-bond donors (Lipinski definition) is 2. The number of furan rings is 1. The number of nitrogens with one attached hydrogen (secondary N) is 1. The topological polar surface area (TPSA) is 51.2 Å². The minimum absolute atomic E-state index is 0.183. The van der Waals surface area contributed by atoms with Crippen molar-refractivity contribution in [1.82, 2.24) is 5.43 Å². The highest BCUT2D eigenvalue weighted by molar-refractivity contribution is 9.10. The van der Waals surface area contributed by atoms with Crippen LogP contribution in [0.25, 0.3) is 0 Å². The fourth-order valence-corrected chi connectivity index (χ4v) is 1.69. The largest absolute Gasteiger partial charge is 0.457 e. The smallest absolute Gasteiger partial charge is 0.173 e. The standard InChI is InChI=1S/C8H13BrN2O/c1-2-3-7(11-10)6-4-5-12-8(6)9/h4-5,7,11H,2-3,10H2,1H3. The second-order valence-corrected chi connectivity index (χ2v) is 3.38. The first-order chi connectivity index (χ1) is 5.79. The van der Waals surface area contributed by atoms with Gasteiger partial charge >= 0.3 is 0 Å². The van der Waals surface area contributed by atoms with Gasteiger partial charge in [0.05, 0.1) is 12.3 Å². The van der Waals surface area contributed by atoms with E-state index in [9.17, 15) is 0 Å². The van der Waals surface area contributed by atoms with E-state index >= 15 is 0 Å². The van der Waals surface area contributed by atoms with Gasteiger partial charge in [0.15, 0.2) is 4.67 Å². The Hall–Kier alpha value is -0.320. The first-order valence-corrected chi connectivity index (χ1v) is 4.78. The van der Waals surface area contributed by atoms with Gasteiger partial charge in [-0.3, -0.25) is 11.3 Å². The number of rotatable bonds is 4. The van der Waals surface area contributed by atoms with E-state index in [-0.39, 0.29) is 6.04 Å². The molecule has 1 atom stereocenters. The van der Waals surface area contributed by atoms with Gasteiger partial charge in [-0.2, -0.15) is 0 Å². The Balaban J connectivity index is 2.72. The van der Waals surface area contributed by atoms with E-state index in [0.29, 0.717) is 0 Å². The molecule has 3 N–H and O–H groups in total. The third-order valence-corrected chi connectivity index (χ3v) is 2.44. The Bertz CT molecular complexity index is 237. The van der Waals surface area contributed by atoms with Crippen molar-refractivity contribution in [2.24, 2.45) is 5.84 Å². The lowest BCUT2D eigenvalue weighted by Gasteiger charge is -2.12. The molecule has 1 rings (SSSR count). The Morgan fingerprint density at radius 2 is 2.50 bits per heavy atom. The number of hydrogen-bond acceptors (Lipinski definition) is 3. The third-order valence-electron chi connectivity index (χ3n) is 1.80. The highest BCUT2D eigenvalue weighted by atomic mass is 79.9. The van der Waals surface area contributed by atoms with Crippen LogP contribution in [0.15, 0.2) is 21.4 Å². The quantitative estimate of drug-likeness (QED) is 0.619. The Kier molecular flexibility index (Phi) is 3.78. The molecule has 0 bridgehead atoms. The van der Waals surface area contributed by atoms with Gasteiger partial charge in [-0.25, -0.2) is 0 Å². The summed E-state index contributed by atoms with van der Waals surface area (Å²) in [5, 5.41) is 0. The van der Waals surface area contributed by atoms with Gasteiger partial charge in [0, 0.05) is 5.56 Å². The first kappa shape index (κ1) is 9.77. The maximum Gasteiger partial charge on any atom is 0.173 e. The van der Waals surface area contributed by atoms with Crippen molar-refractivity contribution in [1.29, 1.82) is 0 Å². The molecule has 68 valence electrons. The summed E-state index contributed by atoms with van der Waals surface area (Å²) >= 11 is 3.32. The maximum atomic E-state index is 5.41. The monoisotopic (exact) mass is 232 g/mol. The predicted octanol–water partition coefficient (Wildman–Crippen LogP) is 2.35. The molecular formula is C8H13BrN2O. The Labute approximate surface area is 80.4 Å². The molecule has 1 heterocycles. The lowest BCUT2D eigenvalue weighted by molar-refractivity contribution is 0.485. The van der Waals surface area contributed by atoms with E-state index in [2.05, 4.69) is 28.3 Å². The molecule has 1 aromatic heterocycles. The van der Waals surface area contributed by atoms with Gasteiger partial charge in [0.2, 0.25) is 0 Å². The van der Waals surface area contributed by atoms with Crippen molar-refractivity contribution in [3.8, 4) is 0 Å². The fourth-order valence-electron chi connectivity index (χ4n) is 1.17. The lowest BCUT2D eigenvalue weighted by Crippen LogP contribution is -2.27. The molecule has 4 heteroatoms. The molecule has 0 spiro atoms. The van der Waals surface area contributed by atoms with Crippen LogP contribution in [0.3, 0.4) is 0 Å². The van der Waals surface area contributed by atoms with E-state index < -0.39 is 0 Å². The zero-order valence-electron chi connectivity index (χ0n) is 7.01. The molecule has 1 unspecified atom stereocenters. The number of nitrogens with two attached hydrogens (primary N) is 1. The van der Waals surface area contributed by atoms with Crippen molar-refractivity contribution >= 4 is 15.9 Å². The Morgan fingerprint density at radius 3 is 2.92 bits per heavy atom. The van der Waals surface area contributed by atoms with E-state index in [1.165, 1.54) is 0 Å². The van der Waals surface area contributed by atoms with Crippen molar-refractivity contribution in [2.75, 3.05) is 0 Å². The fraction of sp³-hybridized carbons (Fsp3) is 0.500. The highest BCUT2D eigenvalue weighted by Gasteiger charge is 2.13. The van der Waals surface area contributed by atoms with Gasteiger partial charge in [0.1, 0.15) is 0 Å². The van der Waals surface area contributed by atoms with Crippen LogP contribution < -0.4 is 11.3 Å². The molecule has 0 fully saturated rings. The van der Waals surface area contributed by atoms with E-state index in [1.54, 1.807) is 6.26 Å². The highest BCUT2D eigenvalue weighted by Crippen LogP contribution is 2.26. The molecule has 0 aliphatic heterocycles. The van der Waals surface area contributed by atoms with Crippen molar-refractivity contribution < 1.29 is 4.42 Å². The van der Waals surface area contributed by atoms with Gasteiger partial charge in [0.25, 0.3) is 0 Å². The summed E-state index contributed by atoms with van der Waals surface area (Å²) in [6.07, 6.45) is 3.75. The summed E-state index contributed by atoms with van der Waals surface area (Å²) in [5.74, 6) is 5.41. The van der Waals surface area contributed by atoms with Gasteiger partial charge in [-0.05, 0) is 28.4 Å². The molecule has 3 nitrogen and oxygen atoms in total. The van der Waals surface area contributed by atoms with E-state index in [4.69, 9.17) is 10.3 Å². The number of hydrazine groups is 1. The lowest BCUT2D eigenvalue weighted by atomic mass is 10.1. The van der Waals surface area contributed by atoms with Crippen LogP contribution in [0.2, 0.25) is 0 Å². The second kappa shape index (κ2) is 4.64. The molecule has 12 heavy (non-hydrogen) atoms. The van der Waals surface area contributed by atoms with Crippen LogP contribution in [-0.4, -0.2) is 0 Å². The Morgan fingerprint density at radius 1 is 1.75 bits per heavy atom. The second-order valence-electron chi connectivity index (χ2n) is 2.66. The average molecular weight is 233 g/mol. The molecule has 1 aromatic rings. The van der Waals surface area contributed by atoms with Crippen molar-refractivity contribution in [2.45, 2.75) is 25.8 Å². The zero-order chi connectivity index (χ0) is 8.97. The summed E-state index contributed by atoms with van der Waals surface area (Å²) in [5.41, 5.74) is 3.84. The van der Waals surface area contributed by atoms with Crippen molar-refractivity contribution in [3.05, 3.63) is 22.6 Å². The molecular weight excluding hydrogens is 220 g/mol. The minimum atomic E-state index is 0.183. The third kappa shape index (κ3) is 2.09. The molecule has 0 aromatic carbocycles. The van der Waals surface area contributed by atoms with Crippen LogP contribution in [0.1, 0.15) is 31.4 Å². The SMILES string of the molecule is CCCC(NN)c1ccoc1Br. The molecule has 0 aliphatic rings. The molecule has 0 saturated heterocycles. The summed E-state index contributed by atoms with van der Waals surface area (Å²) < 4.78 is 5.88. The van der Waals surface area contributed by atoms with E-state index in [1.807, 2.05) is 6.07 Å². The van der Waals surface area contributed by atoms with Crippen LogP contribution >= 0.6 is 15.9 Å². The van der Waals surface area contributed by atoms with E-state index in [0.717, 1.165) is 23.1 Å². The normalized spacial score (nSPS) is 13.2. The van der Waals surface area contributed by atoms with Crippen LogP contribution in [0.4, 0.5) is 0 Å². The average Bonchev–Trinajstić information content (AvgIpc) is 2.47. The van der Waals surface area contributed by atoms with Gasteiger partial charge in [-0.1, -0.05) is 13.3 Å². The zero-order valence-corrected chi connectivity index (χ0v) is 8.60. The molecule has 0 aliphatic carbocycles. The predicted molar refractivity (Wildman–Crippen MR) is 51.4 cm³/mol. The molecule has 0 amide bonds. The molecule has 0 radical (unpaired) electrons. The summed E-state index contributed by atoms with van der Waals surface area (Å²) in [6.45, 7) is 2.12. The van der Waals surface area contributed by atoms with Crippen LogP contribution in [0, 0.1) is 0 Å². The van der Waals surface area contributed by atoms with Gasteiger partial charge in [-0.15, -0.1) is 0 Å². The minimum Gasteiger partial charge on any atom is -0.457 e. The van der Waals surface area contributed by atoms with Crippen LogP contribution in [-0.2, 0) is 0 Å². The van der Waals surface area contributed by atoms with Crippen molar-refractivity contribution in [3.63, 3.8) is 0 Å². The van der Waals surface area contributed by atoms with Gasteiger partial charge < -0.3 is 4.42 Å². The molecule has 0 saturated carbocycles. The first-order valence-electron chi connectivity index (χ1n) is 3.98. The summed E-state index contributed by atoms with van der Waals surface area (Å²) in [6, 6.07) is 2.10.